The van der Waals surface area contributed by atoms with Crippen LogP contribution in [0.25, 0.3) is 5.69 Å². The number of nitrogens with one attached hydrogen (secondary N) is 1. The van der Waals surface area contributed by atoms with Crippen molar-refractivity contribution < 1.29 is 28.9 Å². The first-order chi connectivity index (χ1) is 16.5. The van der Waals surface area contributed by atoms with Crippen LogP contribution in [0.3, 0.4) is 0 Å². The summed E-state index contributed by atoms with van der Waals surface area (Å²) in [7, 11) is 0. The molecule has 0 aliphatic heterocycles. The number of aliphatic carboxylic acids is 1. The largest absolute Gasteiger partial charge is 0.481 e. The lowest BCUT2D eigenvalue weighted by Crippen LogP contribution is -2.32. The van der Waals surface area contributed by atoms with Gasteiger partial charge in [-0.1, -0.05) is 56.6 Å². The van der Waals surface area contributed by atoms with Crippen LogP contribution < -0.4 is 10.1 Å². The minimum atomic E-state index is -1.12. The van der Waals surface area contributed by atoms with E-state index >= 15 is 0 Å². The van der Waals surface area contributed by atoms with Crippen molar-refractivity contribution in [3.05, 3.63) is 76.7 Å². The van der Waals surface area contributed by atoms with Gasteiger partial charge in [0.25, 0.3) is 5.91 Å². The smallest absolute Gasteiger partial charge is 0.305 e. The van der Waals surface area contributed by atoms with Gasteiger partial charge in [0, 0.05) is 11.1 Å². The number of carbonyl (C=O) groups is 2. The van der Waals surface area contributed by atoms with E-state index in [1.807, 2.05) is 20.8 Å². The average molecular weight is 504 g/mol. The molecule has 0 saturated carbocycles. The minimum Gasteiger partial charge on any atom is -0.481 e. The summed E-state index contributed by atoms with van der Waals surface area (Å²) < 4.78 is 21.4. The van der Waals surface area contributed by atoms with Gasteiger partial charge in [0.2, 0.25) is 5.88 Å². The molecule has 1 heterocycles. The zero-order chi connectivity index (χ0) is 25.8. The maximum atomic E-state index is 14.5. The van der Waals surface area contributed by atoms with E-state index in [0.717, 1.165) is 4.68 Å². The summed E-state index contributed by atoms with van der Waals surface area (Å²) in [6.07, 6.45) is -1.23. The number of aliphatic hydroxyl groups is 1. The summed E-state index contributed by atoms with van der Waals surface area (Å²) in [5, 5.41) is 26.9. The van der Waals surface area contributed by atoms with E-state index < -0.39 is 35.3 Å². The van der Waals surface area contributed by atoms with Crippen LogP contribution in [-0.2, 0) is 4.79 Å². The van der Waals surface area contributed by atoms with Crippen molar-refractivity contribution in [1.82, 2.24) is 15.1 Å². The molecule has 3 N–H and O–H groups in total. The Morgan fingerprint density at radius 3 is 2.51 bits per heavy atom. The van der Waals surface area contributed by atoms with Gasteiger partial charge in [-0.15, -0.1) is 0 Å². The van der Waals surface area contributed by atoms with E-state index in [-0.39, 0.29) is 30.3 Å². The Kier molecular flexibility index (Phi) is 8.14. The van der Waals surface area contributed by atoms with Crippen LogP contribution in [0.5, 0.6) is 5.88 Å². The highest BCUT2D eigenvalue weighted by molar-refractivity contribution is 6.30. The normalized spacial score (nSPS) is 13.2. The van der Waals surface area contributed by atoms with Gasteiger partial charge in [0.05, 0.1) is 18.6 Å². The molecule has 1 amide bonds. The summed E-state index contributed by atoms with van der Waals surface area (Å²) in [5.74, 6) is -2.35. The van der Waals surface area contributed by atoms with Gasteiger partial charge in [-0.3, -0.25) is 9.59 Å². The van der Waals surface area contributed by atoms with E-state index in [4.69, 9.17) is 16.3 Å². The zero-order valence-corrected chi connectivity index (χ0v) is 20.3. The third-order valence-electron chi connectivity index (χ3n) is 5.31. The fourth-order valence-electron chi connectivity index (χ4n) is 3.17. The van der Waals surface area contributed by atoms with Crippen molar-refractivity contribution in [3.63, 3.8) is 0 Å². The van der Waals surface area contributed by atoms with Crippen molar-refractivity contribution >= 4 is 23.5 Å². The van der Waals surface area contributed by atoms with Crippen LogP contribution in [0, 0.1) is 11.2 Å². The predicted molar refractivity (Wildman–Crippen MR) is 128 cm³/mol. The Bertz CT molecular complexity index is 1210. The molecule has 1 aromatic heterocycles. The molecule has 2 atom stereocenters. The lowest BCUT2D eigenvalue weighted by Gasteiger charge is -2.25. The molecule has 0 aliphatic carbocycles. The summed E-state index contributed by atoms with van der Waals surface area (Å²) in [6, 6.07) is 12.8. The molecule has 3 rings (SSSR count). The second kappa shape index (κ2) is 10.9. The van der Waals surface area contributed by atoms with Crippen molar-refractivity contribution in [3.8, 4) is 11.6 Å². The predicted octanol–water partition coefficient (Wildman–Crippen LogP) is 4.40. The second-order valence-corrected chi connectivity index (χ2v) is 9.54. The van der Waals surface area contributed by atoms with E-state index in [2.05, 4.69) is 10.4 Å². The van der Waals surface area contributed by atoms with Crippen LogP contribution >= 0.6 is 11.6 Å². The lowest BCUT2D eigenvalue weighted by molar-refractivity contribution is -0.137. The highest BCUT2D eigenvalue weighted by atomic mass is 35.5. The number of para-hydroxylation sites is 1. The summed E-state index contributed by atoms with van der Waals surface area (Å²) in [4.78, 5) is 24.5. The molecule has 2 aromatic carbocycles. The Labute approximate surface area is 207 Å². The Balaban J connectivity index is 1.93. The van der Waals surface area contributed by atoms with Crippen LogP contribution in [0.4, 0.5) is 4.39 Å². The van der Waals surface area contributed by atoms with E-state index in [9.17, 15) is 24.2 Å². The number of aliphatic hydroxyl groups excluding tert-OH is 1. The highest BCUT2D eigenvalue weighted by Crippen LogP contribution is 2.26. The van der Waals surface area contributed by atoms with Crippen molar-refractivity contribution in [2.75, 3.05) is 6.61 Å². The van der Waals surface area contributed by atoms with Gasteiger partial charge in [-0.05, 0) is 35.2 Å². The maximum absolute atomic E-state index is 14.5. The average Bonchev–Trinajstić information content (AvgIpc) is 3.20. The van der Waals surface area contributed by atoms with E-state index in [1.54, 1.807) is 30.3 Å². The van der Waals surface area contributed by atoms with Crippen molar-refractivity contribution in [2.24, 2.45) is 5.41 Å². The maximum Gasteiger partial charge on any atom is 0.305 e. The van der Waals surface area contributed by atoms with E-state index in [1.165, 1.54) is 24.3 Å². The molecule has 8 nitrogen and oxygen atoms in total. The van der Waals surface area contributed by atoms with Crippen LogP contribution in [-0.4, -0.2) is 44.6 Å². The van der Waals surface area contributed by atoms with Gasteiger partial charge < -0.3 is 20.3 Å². The third-order valence-corrected chi connectivity index (χ3v) is 5.55. The van der Waals surface area contributed by atoms with E-state index in [0.29, 0.717) is 10.6 Å². The fraction of sp³-hybridized carbons (Fsp3) is 0.320. The molecule has 0 radical (unpaired) electrons. The number of hydrogen-bond acceptors (Lipinski definition) is 5. The highest BCUT2D eigenvalue weighted by Gasteiger charge is 2.26. The fourth-order valence-corrected chi connectivity index (χ4v) is 3.37. The first-order valence-electron chi connectivity index (χ1n) is 10.9. The number of amides is 1. The number of nitrogens with zero attached hydrogens (tertiary/aromatic N) is 2. The zero-order valence-electron chi connectivity index (χ0n) is 19.5. The molecule has 35 heavy (non-hydrogen) atoms. The van der Waals surface area contributed by atoms with Gasteiger partial charge in [0.1, 0.15) is 18.1 Å². The van der Waals surface area contributed by atoms with Gasteiger partial charge in [-0.2, -0.15) is 9.78 Å². The van der Waals surface area contributed by atoms with Crippen LogP contribution in [0.2, 0.25) is 5.02 Å². The monoisotopic (exact) mass is 503 g/mol. The number of carbonyl (C=O) groups excluding carboxylic acids is 1. The number of halogens is 2. The molecule has 0 bridgehead atoms. The molecule has 0 aliphatic rings. The molecule has 10 heteroatoms. The summed E-state index contributed by atoms with van der Waals surface area (Å²) in [6.45, 7) is 5.40. The molecular formula is C25H27ClFN3O5. The first kappa shape index (κ1) is 26.2. The van der Waals surface area contributed by atoms with Crippen molar-refractivity contribution in [2.45, 2.75) is 39.3 Å². The quantitative estimate of drug-likeness (QED) is 0.399. The Morgan fingerprint density at radius 1 is 1.17 bits per heavy atom. The lowest BCUT2D eigenvalue weighted by atomic mass is 9.90. The number of carboxylic acid groups (broad SMARTS) is 1. The SMILES string of the molecule is CC(C)(C)C(O)COc1cc(C(=O)NC(CC(=O)O)c2cccc(Cl)c2)nn1-c1ccccc1F. The minimum absolute atomic E-state index is 0.0427. The molecular weight excluding hydrogens is 477 g/mol. The number of ether oxygens (including phenoxy) is 1. The third kappa shape index (κ3) is 6.80. The number of benzene rings is 2. The molecule has 0 fully saturated rings. The molecule has 3 aromatic rings. The number of rotatable bonds is 9. The summed E-state index contributed by atoms with van der Waals surface area (Å²) in [5.41, 5.74) is -0.0365. The molecule has 186 valence electrons. The molecule has 2 unspecified atom stereocenters. The van der Waals surface area contributed by atoms with Gasteiger partial charge in [0.15, 0.2) is 5.69 Å². The van der Waals surface area contributed by atoms with Gasteiger partial charge >= 0.3 is 5.97 Å². The Hall–Kier alpha value is -3.43. The van der Waals surface area contributed by atoms with Gasteiger partial charge in [-0.25, -0.2) is 4.39 Å². The second-order valence-electron chi connectivity index (χ2n) is 9.10. The standard InChI is InChI=1S/C25H27ClFN3O5/c1-25(2,3)21(31)14-35-22-12-19(29-30(22)20-10-5-4-9-17(20)27)24(34)28-18(13-23(32)33)15-7-6-8-16(26)11-15/h4-12,18,21,31H,13-14H2,1-3H3,(H,28,34)(H,32,33). The molecule has 0 spiro atoms. The Morgan fingerprint density at radius 2 is 1.89 bits per heavy atom. The topological polar surface area (TPSA) is 114 Å². The number of hydrogen-bond donors (Lipinski definition) is 3. The number of carboxylic acids is 1. The first-order valence-corrected chi connectivity index (χ1v) is 11.3. The molecule has 0 saturated heterocycles. The number of aromatic nitrogens is 2. The summed E-state index contributed by atoms with van der Waals surface area (Å²) >= 11 is 6.03. The van der Waals surface area contributed by atoms with Crippen molar-refractivity contribution in [1.29, 1.82) is 0 Å². The van der Waals surface area contributed by atoms with Crippen LogP contribution in [0.1, 0.15) is 49.3 Å². The van der Waals surface area contributed by atoms with Crippen LogP contribution in [0.15, 0.2) is 54.6 Å².